The van der Waals surface area contributed by atoms with Gasteiger partial charge in [0.15, 0.2) is 11.5 Å². The number of hydrogen-bond donors (Lipinski definition) is 1. The van der Waals surface area contributed by atoms with E-state index in [0.717, 1.165) is 31.6 Å². The lowest BCUT2D eigenvalue weighted by atomic mass is 9.90. The molecule has 0 aromatic heterocycles. The van der Waals surface area contributed by atoms with E-state index >= 15 is 0 Å². The Morgan fingerprint density at radius 2 is 2.04 bits per heavy atom. The van der Waals surface area contributed by atoms with Gasteiger partial charge in [-0.25, -0.2) is 0 Å². The predicted octanol–water partition coefficient (Wildman–Crippen LogP) is 3.25. The molecule has 6 heteroatoms. The highest BCUT2D eigenvalue weighted by Gasteiger charge is 2.35. The van der Waals surface area contributed by atoms with Crippen LogP contribution < -0.4 is 15.2 Å². The maximum Gasteiger partial charge on any atom is 0.254 e. The number of carbonyl (C=O) groups excluding carboxylic acids is 1. The van der Waals surface area contributed by atoms with Crippen LogP contribution in [0.2, 0.25) is 0 Å². The number of nitrogens with two attached hydrogens (primary N) is 1. The molecule has 1 saturated heterocycles. The normalized spacial score (nSPS) is 23.4. The Morgan fingerprint density at radius 1 is 1.32 bits per heavy atom. The summed E-state index contributed by atoms with van der Waals surface area (Å²) >= 11 is 0. The molecule has 1 aromatic rings. The van der Waals surface area contributed by atoms with Gasteiger partial charge in [0.05, 0.1) is 13.2 Å². The number of amides is 1. The highest BCUT2D eigenvalue weighted by atomic mass is 35.5. The lowest BCUT2D eigenvalue weighted by molar-refractivity contribution is 0.0776. The fourth-order valence-electron chi connectivity index (χ4n) is 3.63. The smallest absolute Gasteiger partial charge is 0.254 e. The summed E-state index contributed by atoms with van der Waals surface area (Å²) in [5.41, 5.74) is 6.52. The summed E-state index contributed by atoms with van der Waals surface area (Å²) in [5, 5.41) is 0. The zero-order valence-corrected chi connectivity index (χ0v) is 15.9. The quantitative estimate of drug-likeness (QED) is 0.866. The fourth-order valence-corrected chi connectivity index (χ4v) is 3.63. The van der Waals surface area contributed by atoms with Crippen LogP contribution in [-0.2, 0) is 0 Å². The van der Waals surface area contributed by atoms with E-state index in [-0.39, 0.29) is 29.8 Å². The van der Waals surface area contributed by atoms with E-state index in [9.17, 15) is 4.79 Å². The number of hydrogen-bond acceptors (Lipinski definition) is 4. The van der Waals surface area contributed by atoms with E-state index in [1.165, 1.54) is 12.8 Å². The molecule has 2 N–H and O–H groups in total. The van der Waals surface area contributed by atoms with Gasteiger partial charge in [-0.05, 0) is 62.3 Å². The number of methoxy groups -OCH3 is 1. The second-order valence-electron chi connectivity index (χ2n) is 7.38. The Balaban J connectivity index is 0.00000225. The summed E-state index contributed by atoms with van der Waals surface area (Å²) in [7, 11) is 1.62. The number of ether oxygens (including phenoxy) is 2. The summed E-state index contributed by atoms with van der Waals surface area (Å²) in [5.74, 6) is 1.40. The maximum atomic E-state index is 12.8. The highest BCUT2D eigenvalue weighted by Crippen LogP contribution is 2.34. The van der Waals surface area contributed by atoms with Crippen molar-refractivity contribution in [2.45, 2.75) is 45.1 Å². The minimum absolute atomic E-state index is 0. The van der Waals surface area contributed by atoms with Gasteiger partial charge in [0.1, 0.15) is 0 Å². The molecule has 1 aliphatic carbocycles. The predicted molar refractivity (Wildman–Crippen MR) is 101 cm³/mol. The van der Waals surface area contributed by atoms with Crippen molar-refractivity contribution in [3.8, 4) is 11.5 Å². The van der Waals surface area contributed by atoms with Gasteiger partial charge in [-0.3, -0.25) is 4.79 Å². The molecule has 5 nitrogen and oxygen atoms in total. The van der Waals surface area contributed by atoms with E-state index in [1.807, 2.05) is 17.0 Å². The average Bonchev–Trinajstić information content (AvgIpc) is 3.25. The first kappa shape index (κ1) is 19.9. The Hall–Kier alpha value is -1.46. The Kier molecular flexibility index (Phi) is 6.58. The van der Waals surface area contributed by atoms with Crippen molar-refractivity contribution in [2.75, 3.05) is 26.7 Å². The highest BCUT2D eigenvalue weighted by molar-refractivity contribution is 5.95. The van der Waals surface area contributed by atoms with Crippen LogP contribution in [0.4, 0.5) is 0 Å². The number of likely N-dealkylation sites (tertiary alicyclic amines) is 1. The first-order valence-corrected chi connectivity index (χ1v) is 8.89. The molecule has 0 radical (unpaired) electrons. The van der Waals surface area contributed by atoms with Gasteiger partial charge in [0, 0.05) is 18.7 Å². The lowest BCUT2D eigenvalue weighted by Gasteiger charge is -2.23. The van der Waals surface area contributed by atoms with Crippen LogP contribution in [-0.4, -0.2) is 43.7 Å². The van der Waals surface area contributed by atoms with Gasteiger partial charge in [0.2, 0.25) is 0 Å². The Morgan fingerprint density at radius 3 is 2.64 bits per heavy atom. The molecule has 1 amide bonds. The fraction of sp³-hybridized carbons (Fsp3) is 0.632. The molecular formula is C19H29ClN2O3. The lowest BCUT2D eigenvalue weighted by Crippen LogP contribution is -2.34. The van der Waals surface area contributed by atoms with Crippen molar-refractivity contribution in [3.63, 3.8) is 0 Å². The third-order valence-electron chi connectivity index (χ3n) is 5.34. The molecule has 2 fully saturated rings. The molecule has 1 saturated carbocycles. The second kappa shape index (κ2) is 8.28. The first-order chi connectivity index (χ1) is 11.5. The molecular weight excluding hydrogens is 340 g/mol. The molecule has 1 unspecified atom stereocenters. The Labute approximate surface area is 156 Å². The van der Waals surface area contributed by atoms with E-state index in [4.69, 9.17) is 15.2 Å². The van der Waals surface area contributed by atoms with Crippen molar-refractivity contribution < 1.29 is 14.3 Å². The molecule has 0 bridgehead atoms. The van der Waals surface area contributed by atoms with E-state index in [0.29, 0.717) is 24.4 Å². The number of carbonyl (C=O) groups is 1. The average molecular weight is 369 g/mol. The molecule has 3 rings (SSSR count). The maximum absolute atomic E-state index is 12.8. The molecule has 25 heavy (non-hydrogen) atoms. The number of halogens is 1. The molecule has 0 spiro atoms. The van der Waals surface area contributed by atoms with Crippen molar-refractivity contribution in [1.29, 1.82) is 0 Å². The SMILES string of the molecule is COc1cc(C(=O)N2CCC(C)(CN)C2)ccc1OC1CCCC1.Cl. The summed E-state index contributed by atoms with van der Waals surface area (Å²) < 4.78 is 11.5. The zero-order valence-electron chi connectivity index (χ0n) is 15.1. The molecule has 1 aromatic carbocycles. The van der Waals surface area contributed by atoms with Crippen LogP contribution in [0.1, 0.15) is 49.4 Å². The van der Waals surface area contributed by atoms with Crippen LogP contribution >= 0.6 is 12.4 Å². The van der Waals surface area contributed by atoms with Crippen LogP contribution in [0, 0.1) is 5.41 Å². The van der Waals surface area contributed by atoms with Crippen molar-refractivity contribution >= 4 is 18.3 Å². The van der Waals surface area contributed by atoms with Gasteiger partial charge in [-0.15, -0.1) is 12.4 Å². The first-order valence-electron chi connectivity index (χ1n) is 8.89. The molecule has 1 aliphatic heterocycles. The topological polar surface area (TPSA) is 64.8 Å². The summed E-state index contributed by atoms with van der Waals surface area (Å²) in [4.78, 5) is 14.7. The van der Waals surface area contributed by atoms with Gasteiger partial charge >= 0.3 is 0 Å². The third kappa shape index (κ3) is 4.39. The summed E-state index contributed by atoms with van der Waals surface area (Å²) in [6.45, 7) is 4.22. The zero-order chi connectivity index (χ0) is 17.2. The molecule has 1 heterocycles. The Bertz CT molecular complexity index is 604. The van der Waals surface area contributed by atoms with Crippen molar-refractivity contribution in [2.24, 2.45) is 11.1 Å². The molecule has 2 aliphatic rings. The van der Waals surface area contributed by atoms with Crippen LogP contribution in [0.25, 0.3) is 0 Å². The summed E-state index contributed by atoms with van der Waals surface area (Å²) in [6.07, 6.45) is 5.85. The van der Waals surface area contributed by atoms with Gasteiger partial charge < -0.3 is 20.1 Å². The summed E-state index contributed by atoms with van der Waals surface area (Å²) in [6, 6.07) is 5.50. The van der Waals surface area contributed by atoms with E-state index < -0.39 is 0 Å². The monoisotopic (exact) mass is 368 g/mol. The van der Waals surface area contributed by atoms with Crippen LogP contribution in [0.5, 0.6) is 11.5 Å². The minimum Gasteiger partial charge on any atom is -0.493 e. The van der Waals surface area contributed by atoms with E-state index in [2.05, 4.69) is 6.92 Å². The largest absolute Gasteiger partial charge is 0.493 e. The third-order valence-corrected chi connectivity index (χ3v) is 5.34. The number of nitrogens with zero attached hydrogens (tertiary/aromatic N) is 1. The molecule has 1 atom stereocenters. The van der Waals surface area contributed by atoms with Crippen LogP contribution in [0.3, 0.4) is 0 Å². The second-order valence-corrected chi connectivity index (χ2v) is 7.38. The van der Waals surface area contributed by atoms with E-state index in [1.54, 1.807) is 13.2 Å². The molecule has 140 valence electrons. The standard InChI is InChI=1S/C19H28N2O3.ClH/c1-19(12-20)9-10-21(13-19)18(22)14-7-8-16(17(11-14)23-2)24-15-5-3-4-6-15;/h7-8,11,15H,3-6,9-10,12-13,20H2,1-2H3;1H. The van der Waals surface area contributed by atoms with Crippen molar-refractivity contribution in [3.05, 3.63) is 23.8 Å². The van der Waals surface area contributed by atoms with Gasteiger partial charge in [-0.2, -0.15) is 0 Å². The minimum atomic E-state index is 0. The van der Waals surface area contributed by atoms with Gasteiger partial charge in [-0.1, -0.05) is 6.92 Å². The number of benzene rings is 1. The van der Waals surface area contributed by atoms with Crippen LogP contribution in [0.15, 0.2) is 18.2 Å². The van der Waals surface area contributed by atoms with Gasteiger partial charge in [0.25, 0.3) is 5.91 Å². The van der Waals surface area contributed by atoms with Crippen molar-refractivity contribution in [1.82, 2.24) is 4.90 Å². The number of rotatable bonds is 5.